The van der Waals surface area contributed by atoms with Crippen LogP contribution in [0.15, 0.2) is 55.2 Å². The Morgan fingerprint density at radius 2 is 2.00 bits per heavy atom. The summed E-state index contributed by atoms with van der Waals surface area (Å²) in [6.07, 6.45) is 14.6. The molecule has 1 aromatic carbocycles. The van der Waals surface area contributed by atoms with Crippen molar-refractivity contribution in [1.29, 1.82) is 0 Å². The molecule has 2 aliphatic rings. The number of pyridine rings is 1. The van der Waals surface area contributed by atoms with Crippen molar-refractivity contribution in [3.05, 3.63) is 82.7 Å². The van der Waals surface area contributed by atoms with Gasteiger partial charge in [0.05, 0.1) is 12.0 Å². The number of rotatable bonds is 5. The minimum atomic E-state index is 0.319. The molecular formula is C26H29ClN4. The molecule has 0 bridgehead atoms. The van der Waals surface area contributed by atoms with E-state index in [0.717, 1.165) is 37.5 Å². The zero-order valence-corrected chi connectivity index (χ0v) is 18.8. The Hall–Kier alpha value is -2.43. The monoisotopic (exact) mass is 432 g/mol. The van der Waals surface area contributed by atoms with E-state index in [1.54, 1.807) is 0 Å². The maximum absolute atomic E-state index is 6.45. The molecule has 0 amide bonds. The molecule has 4 nitrogen and oxygen atoms in total. The van der Waals surface area contributed by atoms with Crippen LogP contribution < -0.4 is 0 Å². The number of allylic oxidation sites excluding steroid dienone is 1. The number of hydrogen-bond donors (Lipinski definition) is 0. The fourth-order valence-corrected chi connectivity index (χ4v) is 5.40. The highest BCUT2D eigenvalue weighted by atomic mass is 35.5. The fourth-order valence-electron chi connectivity index (χ4n) is 5.22. The molecule has 2 aromatic heterocycles. The number of hydrogen-bond acceptors (Lipinski definition) is 3. The smallest absolute Gasteiger partial charge is 0.0945 e. The number of fused-ring (bicyclic) bond motifs is 2. The van der Waals surface area contributed by atoms with Crippen molar-refractivity contribution in [1.82, 2.24) is 19.4 Å². The predicted molar refractivity (Wildman–Crippen MR) is 127 cm³/mol. The van der Waals surface area contributed by atoms with Crippen LogP contribution in [0, 0.1) is 5.92 Å². The lowest BCUT2D eigenvalue weighted by Crippen LogP contribution is -2.33. The summed E-state index contributed by atoms with van der Waals surface area (Å²) in [7, 11) is 2.23. The van der Waals surface area contributed by atoms with Gasteiger partial charge in [0.2, 0.25) is 0 Å². The number of aromatic nitrogens is 3. The molecule has 1 aliphatic carbocycles. The zero-order chi connectivity index (χ0) is 21.2. The summed E-state index contributed by atoms with van der Waals surface area (Å²) in [5.74, 6) is 0.919. The number of imidazole rings is 1. The van der Waals surface area contributed by atoms with Crippen molar-refractivity contribution < 1.29 is 0 Å². The first-order chi connectivity index (χ1) is 15.2. The quantitative estimate of drug-likeness (QED) is 0.515. The van der Waals surface area contributed by atoms with Crippen LogP contribution in [-0.2, 0) is 6.54 Å². The summed E-state index contributed by atoms with van der Waals surface area (Å²) in [5, 5.41) is 0.800. The number of halogens is 1. The van der Waals surface area contributed by atoms with E-state index in [2.05, 4.69) is 51.8 Å². The Bertz CT molecular complexity index is 1060. The Balaban J connectivity index is 1.54. The van der Waals surface area contributed by atoms with Crippen LogP contribution in [0.5, 0.6) is 0 Å². The minimum absolute atomic E-state index is 0.319. The van der Waals surface area contributed by atoms with Gasteiger partial charge >= 0.3 is 0 Å². The normalized spacial score (nSPS) is 19.4. The lowest BCUT2D eigenvalue weighted by molar-refractivity contribution is 0.206. The first-order valence-corrected chi connectivity index (χ1v) is 11.7. The summed E-state index contributed by atoms with van der Waals surface area (Å²) in [5.41, 5.74) is 6.55. The first-order valence-electron chi connectivity index (χ1n) is 11.3. The third-order valence-electron chi connectivity index (χ3n) is 6.85. The van der Waals surface area contributed by atoms with Gasteiger partial charge in [-0.3, -0.25) is 4.98 Å². The van der Waals surface area contributed by atoms with Gasteiger partial charge in [0.15, 0.2) is 0 Å². The van der Waals surface area contributed by atoms with E-state index in [4.69, 9.17) is 16.6 Å². The Morgan fingerprint density at radius 3 is 2.81 bits per heavy atom. The molecule has 1 atom stereocenters. The molecule has 5 heteroatoms. The lowest BCUT2D eigenvalue weighted by atomic mass is 9.76. The second-order valence-corrected chi connectivity index (χ2v) is 9.34. The largest absolute Gasteiger partial charge is 0.337 e. The molecule has 0 saturated carbocycles. The molecule has 5 rings (SSSR count). The van der Waals surface area contributed by atoms with Crippen molar-refractivity contribution in [2.75, 3.05) is 20.1 Å². The van der Waals surface area contributed by atoms with Crippen LogP contribution in [0.3, 0.4) is 0 Å². The SMILES string of the molecule is CN1CCC(C2c3ccc(Cl)cc3C=C(CCCn3ccnc3)c3cccnc32)CC1. The molecule has 0 radical (unpaired) electrons. The van der Waals surface area contributed by atoms with E-state index in [0.29, 0.717) is 11.8 Å². The van der Waals surface area contributed by atoms with Gasteiger partial charge in [-0.1, -0.05) is 29.8 Å². The lowest BCUT2D eigenvalue weighted by Gasteiger charge is -2.35. The highest BCUT2D eigenvalue weighted by Gasteiger charge is 2.33. The van der Waals surface area contributed by atoms with Crippen LogP contribution in [-0.4, -0.2) is 39.6 Å². The van der Waals surface area contributed by atoms with Crippen molar-refractivity contribution in [2.24, 2.45) is 5.92 Å². The number of piperidine rings is 1. The second kappa shape index (κ2) is 8.97. The summed E-state index contributed by atoms with van der Waals surface area (Å²) >= 11 is 6.45. The van der Waals surface area contributed by atoms with E-state index in [1.165, 1.54) is 40.8 Å². The molecule has 1 fully saturated rings. The third kappa shape index (κ3) is 4.32. The molecule has 0 spiro atoms. The standard InChI is InChI=1S/C26H29ClN4/c1-30-13-8-19(9-14-30)25-23-7-6-22(27)17-21(23)16-20(24-5-2-10-29-26(24)25)4-3-12-31-15-11-28-18-31/h2,5-7,10-11,15-19,25H,3-4,8-9,12-14H2,1H3. The number of aryl methyl sites for hydroxylation is 1. The Morgan fingerprint density at radius 1 is 1.13 bits per heavy atom. The molecule has 1 unspecified atom stereocenters. The van der Waals surface area contributed by atoms with E-state index < -0.39 is 0 Å². The van der Waals surface area contributed by atoms with Crippen molar-refractivity contribution in [2.45, 2.75) is 38.1 Å². The second-order valence-electron chi connectivity index (χ2n) is 8.90. The van der Waals surface area contributed by atoms with Crippen molar-refractivity contribution in [3.8, 4) is 0 Å². The number of nitrogens with zero attached hydrogens (tertiary/aromatic N) is 4. The van der Waals surface area contributed by atoms with Crippen LogP contribution in [0.2, 0.25) is 5.02 Å². The summed E-state index contributed by atoms with van der Waals surface area (Å²) in [6, 6.07) is 10.8. The molecule has 3 heterocycles. The average Bonchev–Trinajstić information content (AvgIpc) is 3.25. The Labute approximate surface area is 189 Å². The number of benzene rings is 1. The third-order valence-corrected chi connectivity index (χ3v) is 7.08. The van der Waals surface area contributed by atoms with Gasteiger partial charge in [0.25, 0.3) is 0 Å². The topological polar surface area (TPSA) is 34.0 Å². The first kappa shape index (κ1) is 20.5. The molecule has 0 N–H and O–H groups in total. The van der Waals surface area contributed by atoms with Gasteiger partial charge in [0, 0.05) is 36.1 Å². The van der Waals surface area contributed by atoms with E-state index in [-0.39, 0.29) is 0 Å². The molecule has 160 valence electrons. The minimum Gasteiger partial charge on any atom is -0.337 e. The molecule has 1 saturated heterocycles. The maximum atomic E-state index is 6.45. The highest BCUT2D eigenvalue weighted by molar-refractivity contribution is 6.30. The highest BCUT2D eigenvalue weighted by Crippen LogP contribution is 2.45. The summed E-state index contributed by atoms with van der Waals surface area (Å²) < 4.78 is 2.15. The van der Waals surface area contributed by atoms with E-state index in [1.807, 2.05) is 31.0 Å². The maximum Gasteiger partial charge on any atom is 0.0945 e. The fraction of sp³-hybridized carbons (Fsp3) is 0.385. The van der Waals surface area contributed by atoms with Gasteiger partial charge in [-0.15, -0.1) is 0 Å². The van der Waals surface area contributed by atoms with Crippen LogP contribution >= 0.6 is 11.6 Å². The summed E-state index contributed by atoms with van der Waals surface area (Å²) in [6.45, 7) is 3.27. The van der Waals surface area contributed by atoms with Crippen molar-refractivity contribution >= 4 is 23.3 Å². The van der Waals surface area contributed by atoms with Crippen molar-refractivity contribution in [3.63, 3.8) is 0 Å². The number of likely N-dealkylation sites (tertiary alicyclic amines) is 1. The Kier molecular flexibility index (Phi) is 5.93. The van der Waals surface area contributed by atoms with Gasteiger partial charge in [-0.2, -0.15) is 0 Å². The van der Waals surface area contributed by atoms with Crippen LogP contribution in [0.4, 0.5) is 0 Å². The predicted octanol–water partition coefficient (Wildman–Crippen LogP) is 5.74. The molecular weight excluding hydrogens is 404 g/mol. The van der Waals surface area contributed by atoms with Gasteiger partial charge < -0.3 is 9.47 Å². The van der Waals surface area contributed by atoms with Gasteiger partial charge in [-0.05, 0) is 92.2 Å². The van der Waals surface area contributed by atoms with Gasteiger partial charge in [0.1, 0.15) is 0 Å². The van der Waals surface area contributed by atoms with E-state index >= 15 is 0 Å². The van der Waals surface area contributed by atoms with Gasteiger partial charge in [-0.25, -0.2) is 4.98 Å². The summed E-state index contributed by atoms with van der Waals surface area (Å²) in [4.78, 5) is 11.6. The van der Waals surface area contributed by atoms with Crippen LogP contribution in [0.1, 0.15) is 54.0 Å². The zero-order valence-electron chi connectivity index (χ0n) is 18.0. The average molecular weight is 433 g/mol. The molecule has 3 aromatic rings. The molecule has 1 aliphatic heterocycles. The molecule has 31 heavy (non-hydrogen) atoms. The van der Waals surface area contributed by atoms with Crippen LogP contribution in [0.25, 0.3) is 11.6 Å². The van der Waals surface area contributed by atoms with E-state index in [9.17, 15) is 0 Å².